The smallest absolute Gasteiger partial charge is 0.0657 e. The molecule has 1 aliphatic rings. The van der Waals surface area contributed by atoms with Gasteiger partial charge in [0.25, 0.3) is 0 Å². The third-order valence-electron chi connectivity index (χ3n) is 2.92. The molecule has 1 saturated heterocycles. The highest BCUT2D eigenvalue weighted by Crippen LogP contribution is 2.25. The molecule has 4 heteroatoms. The van der Waals surface area contributed by atoms with E-state index in [1.165, 1.54) is 0 Å². The van der Waals surface area contributed by atoms with Crippen LogP contribution >= 0.6 is 11.6 Å². The summed E-state index contributed by atoms with van der Waals surface area (Å²) in [6.07, 6.45) is 2.25. The average Bonchev–Trinajstić information content (AvgIpc) is 2.29. The van der Waals surface area contributed by atoms with Gasteiger partial charge in [-0.2, -0.15) is 0 Å². The van der Waals surface area contributed by atoms with Gasteiger partial charge in [-0.1, -0.05) is 11.6 Å². The van der Waals surface area contributed by atoms with Crippen LogP contribution in [-0.2, 0) is 4.74 Å². The predicted molar refractivity (Wildman–Crippen MR) is 67.9 cm³/mol. The topological polar surface area (TPSA) is 47.3 Å². The molecule has 2 rings (SSSR count). The van der Waals surface area contributed by atoms with Crippen LogP contribution in [0.2, 0.25) is 5.02 Å². The van der Waals surface area contributed by atoms with Gasteiger partial charge in [0.1, 0.15) is 0 Å². The summed E-state index contributed by atoms with van der Waals surface area (Å²) in [7, 11) is 0. The minimum Gasteiger partial charge on any atom is -0.399 e. The first kappa shape index (κ1) is 11.6. The zero-order valence-electron chi connectivity index (χ0n) is 9.21. The molecule has 3 nitrogen and oxygen atoms in total. The minimum atomic E-state index is 0.683. The molecule has 1 aliphatic heterocycles. The van der Waals surface area contributed by atoms with E-state index in [-0.39, 0.29) is 0 Å². The molecular weight excluding hydrogens is 224 g/mol. The Balaban J connectivity index is 1.88. The van der Waals surface area contributed by atoms with Crippen LogP contribution in [0, 0.1) is 5.92 Å². The maximum absolute atomic E-state index is 6.08. The predicted octanol–water partition coefficient (Wildman–Crippen LogP) is 2.76. The fourth-order valence-electron chi connectivity index (χ4n) is 1.88. The second-order valence-electron chi connectivity index (χ2n) is 4.18. The zero-order chi connectivity index (χ0) is 11.4. The molecule has 1 fully saturated rings. The largest absolute Gasteiger partial charge is 0.399 e. The van der Waals surface area contributed by atoms with Gasteiger partial charge in [-0.25, -0.2) is 0 Å². The number of halogens is 1. The minimum absolute atomic E-state index is 0.683. The SMILES string of the molecule is Nc1ccc(NCC2CCOCC2)c(Cl)c1. The van der Waals surface area contributed by atoms with Crippen LogP contribution in [-0.4, -0.2) is 19.8 Å². The Kier molecular flexibility index (Phi) is 3.91. The molecule has 0 saturated carbocycles. The van der Waals surface area contributed by atoms with E-state index in [0.29, 0.717) is 16.6 Å². The molecule has 16 heavy (non-hydrogen) atoms. The van der Waals surface area contributed by atoms with E-state index < -0.39 is 0 Å². The van der Waals surface area contributed by atoms with Crippen molar-refractivity contribution in [3.63, 3.8) is 0 Å². The molecule has 1 aromatic carbocycles. The second kappa shape index (κ2) is 5.41. The molecule has 0 bridgehead atoms. The number of nitrogen functional groups attached to an aromatic ring is 1. The summed E-state index contributed by atoms with van der Waals surface area (Å²) in [5.41, 5.74) is 7.29. The normalized spacial score (nSPS) is 17.3. The summed E-state index contributed by atoms with van der Waals surface area (Å²) in [6.45, 7) is 2.70. The van der Waals surface area contributed by atoms with E-state index >= 15 is 0 Å². The fourth-order valence-corrected chi connectivity index (χ4v) is 2.14. The standard InChI is InChI=1S/C12H17ClN2O/c13-11-7-10(14)1-2-12(11)15-8-9-3-5-16-6-4-9/h1-2,7,9,15H,3-6,8,14H2. The molecule has 0 radical (unpaired) electrons. The van der Waals surface area contributed by atoms with Crippen molar-refractivity contribution in [3.05, 3.63) is 23.2 Å². The average molecular weight is 241 g/mol. The Morgan fingerprint density at radius 2 is 2.12 bits per heavy atom. The molecule has 0 atom stereocenters. The summed E-state index contributed by atoms with van der Waals surface area (Å²) in [4.78, 5) is 0. The maximum Gasteiger partial charge on any atom is 0.0657 e. The van der Waals surface area contributed by atoms with Gasteiger partial charge < -0.3 is 15.8 Å². The Morgan fingerprint density at radius 3 is 2.81 bits per heavy atom. The quantitative estimate of drug-likeness (QED) is 0.799. The molecule has 88 valence electrons. The number of nitrogens with one attached hydrogen (secondary N) is 1. The zero-order valence-corrected chi connectivity index (χ0v) is 9.96. The van der Waals surface area contributed by atoms with Crippen LogP contribution in [0.25, 0.3) is 0 Å². The van der Waals surface area contributed by atoms with E-state index in [1.54, 1.807) is 6.07 Å². The summed E-state index contributed by atoms with van der Waals surface area (Å²) >= 11 is 6.08. The molecule has 3 N–H and O–H groups in total. The van der Waals surface area contributed by atoms with Crippen molar-refractivity contribution in [2.24, 2.45) is 5.92 Å². The molecule has 1 heterocycles. The van der Waals surface area contributed by atoms with Crippen molar-refractivity contribution in [2.45, 2.75) is 12.8 Å². The number of ether oxygens (including phenoxy) is 1. The maximum atomic E-state index is 6.08. The number of hydrogen-bond donors (Lipinski definition) is 2. The van der Waals surface area contributed by atoms with Crippen LogP contribution in [0.4, 0.5) is 11.4 Å². The van der Waals surface area contributed by atoms with Crippen LogP contribution in [0.1, 0.15) is 12.8 Å². The molecule has 0 amide bonds. The van der Waals surface area contributed by atoms with E-state index in [0.717, 1.165) is 38.3 Å². The molecule has 0 unspecified atom stereocenters. The Hall–Kier alpha value is -0.930. The Labute approximate surface area is 101 Å². The first-order valence-electron chi connectivity index (χ1n) is 5.62. The van der Waals surface area contributed by atoms with Crippen LogP contribution in [0.5, 0.6) is 0 Å². The highest BCUT2D eigenvalue weighted by molar-refractivity contribution is 6.33. The van der Waals surface area contributed by atoms with Gasteiger partial charge >= 0.3 is 0 Å². The number of rotatable bonds is 3. The summed E-state index contributed by atoms with van der Waals surface area (Å²) in [5.74, 6) is 0.683. The van der Waals surface area contributed by atoms with Crippen molar-refractivity contribution in [3.8, 4) is 0 Å². The molecule has 0 aromatic heterocycles. The lowest BCUT2D eigenvalue weighted by atomic mass is 10.0. The van der Waals surface area contributed by atoms with Gasteiger partial charge in [0.15, 0.2) is 0 Å². The number of hydrogen-bond acceptors (Lipinski definition) is 3. The van der Waals surface area contributed by atoms with Crippen molar-refractivity contribution < 1.29 is 4.74 Å². The van der Waals surface area contributed by atoms with E-state index in [1.807, 2.05) is 12.1 Å². The fraction of sp³-hybridized carbons (Fsp3) is 0.500. The van der Waals surface area contributed by atoms with Gasteiger partial charge in [-0.05, 0) is 37.0 Å². The third-order valence-corrected chi connectivity index (χ3v) is 3.23. The first-order valence-corrected chi connectivity index (χ1v) is 6.00. The first-order chi connectivity index (χ1) is 7.75. The van der Waals surface area contributed by atoms with Crippen molar-refractivity contribution >= 4 is 23.0 Å². The van der Waals surface area contributed by atoms with Gasteiger partial charge in [0.05, 0.1) is 10.7 Å². The lowest BCUT2D eigenvalue weighted by molar-refractivity contribution is 0.0699. The lowest BCUT2D eigenvalue weighted by Gasteiger charge is -2.23. The highest BCUT2D eigenvalue weighted by atomic mass is 35.5. The monoisotopic (exact) mass is 240 g/mol. The van der Waals surface area contributed by atoms with E-state index in [4.69, 9.17) is 22.1 Å². The van der Waals surface area contributed by atoms with Gasteiger partial charge in [-0.3, -0.25) is 0 Å². The van der Waals surface area contributed by atoms with Crippen molar-refractivity contribution in [2.75, 3.05) is 30.8 Å². The number of nitrogens with two attached hydrogens (primary N) is 1. The van der Waals surface area contributed by atoms with Gasteiger partial charge in [-0.15, -0.1) is 0 Å². The second-order valence-corrected chi connectivity index (χ2v) is 4.58. The molecular formula is C12H17ClN2O. The molecule has 0 spiro atoms. The Bertz CT molecular complexity index is 351. The number of benzene rings is 1. The van der Waals surface area contributed by atoms with Gasteiger partial charge in [0, 0.05) is 25.4 Å². The number of anilines is 2. The Morgan fingerprint density at radius 1 is 1.38 bits per heavy atom. The van der Waals surface area contributed by atoms with Crippen LogP contribution in [0.15, 0.2) is 18.2 Å². The van der Waals surface area contributed by atoms with Gasteiger partial charge in [0.2, 0.25) is 0 Å². The van der Waals surface area contributed by atoms with Crippen molar-refractivity contribution in [1.29, 1.82) is 0 Å². The highest BCUT2D eigenvalue weighted by Gasteiger charge is 2.13. The van der Waals surface area contributed by atoms with Crippen LogP contribution in [0.3, 0.4) is 0 Å². The van der Waals surface area contributed by atoms with E-state index in [2.05, 4.69) is 5.32 Å². The molecule has 0 aliphatic carbocycles. The van der Waals surface area contributed by atoms with Crippen molar-refractivity contribution in [1.82, 2.24) is 0 Å². The summed E-state index contributed by atoms with van der Waals surface area (Å²) in [6, 6.07) is 5.56. The summed E-state index contributed by atoms with van der Waals surface area (Å²) < 4.78 is 5.32. The van der Waals surface area contributed by atoms with E-state index in [9.17, 15) is 0 Å². The molecule has 1 aromatic rings. The lowest BCUT2D eigenvalue weighted by Crippen LogP contribution is -2.22. The summed E-state index contributed by atoms with van der Waals surface area (Å²) in [5, 5.41) is 4.05. The van der Waals surface area contributed by atoms with Crippen LogP contribution < -0.4 is 11.1 Å². The third kappa shape index (κ3) is 3.03.